The Kier molecular flexibility index (Phi) is 4.98. The molecule has 16 heavy (non-hydrogen) atoms. The zero-order chi connectivity index (χ0) is 12.0. The Hall–Kier alpha value is -1.36. The number of anilines is 1. The number of ether oxygens (including phenoxy) is 2. The standard InChI is InChI=1S/C11H19N3O2/c1-5-16-11-6-10(13-9(3)14-11)12-8(2)7-15-4/h6,8H,5,7H2,1-4H3,(H,12,13,14). The lowest BCUT2D eigenvalue weighted by Crippen LogP contribution is -2.21. The molecule has 0 saturated heterocycles. The first-order chi connectivity index (χ1) is 7.65. The topological polar surface area (TPSA) is 56.3 Å². The van der Waals surface area contributed by atoms with Gasteiger partial charge in [0.1, 0.15) is 11.6 Å². The minimum atomic E-state index is 0.203. The maximum absolute atomic E-state index is 5.35. The highest BCUT2D eigenvalue weighted by Gasteiger charge is 2.05. The number of hydrogen-bond donors (Lipinski definition) is 1. The monoisotopic (exact) mass is 225 g/mol. The van der Waals surface area contributed by atoms with Gasteiger partial charge in [-0.05, 0) is 20.8 Å². The van der Waals surface area contributed by atoms with E-state index in [-0.39, 0.29) is 6.04 Å². The molecular weight excluding hydrogens is 206 g/mol. The molecule has 90 valence electrons. The summed E-state index contributed by atoms with van der Waals surface area (Å²) in [6.45, 7) is 7.03. The summed E-state index contributed by atoms with van der Waals surface area (Å²) in [5.74, 6) is 2.06. The normalized spacial score (nSPS) is 12.2. The molecule has 1 atom stereocenters. The predicted molar refractivity (Wildman–Crippen MR) is 62.9 cm³/mol. The second kappa shape index (κ2) is 6.27. The van der Waals surface area contributed by atoms with Crippen LogP contribution in [0.1, 0.15) is 19.7 Å². The van der Waals surface area contributed by atoms with E-state index in [0.717, 1.165) is 5.82 Å². The number of methoxy groups -OCH3 is 1. The second-order valence-corrected chi connectivity index (χ2v) is 3.57. The minimum Gasteiger partial charge on any atom is -0.478 e. The summed E-state index contributed by atoms with van der Waals surface area (Å²) in [7, 11) is 1.68. The van der Waals surface area contributed by atoms with Crippen LogP contribution in [0, 0.1) is 6.92 Å². The Balaban J connectivity index is 2.71. The van der Waals surface area contributed by atoms with Crippen molar-refractivity contribution in [3.8, 4) is 5.88 Å². The highest BCUT2D eigenvalue weighted by molar-refractivity contribution is 5.39. The second-order valence-electron chi connectivity index (χ2n) is 3.57. The molecule has 1 rings (SSSR count). The van der Waals surface area contributed by atoms with Gasteiger partial charge in [0.25, 0.3) is 0 Å². The van der Waals surface area contributed by atoms with Gasteiger partial charge in [-0.3, -0.25) is 0 Å². The number of nitrogens with one attached hydrogen (secondary N) is 1. The van der Waals surface area contributed by atoms with Gasteiger partial charge in [0.15, 0.2) is 0 Å². The third-order valence-electron chi connectivity index (χ3n) is 1.92. The first kappa shape index (κ1) is 12.7. The molecule has 0 aliphatic carbocycles. The van der Waals surface area contributed by atoms with Gasteiger partial charge in [-0.1, -0.05) is 0 Å². The van der Waals surface area contributed by atoms with Crippen molar-refractivity contribution < 1.29 is 9.47 Å². The number of aromatic nitrogens is 2. The Morgan fingerprint density at radius 2 is 2.19 bits per heavy atom. The highest BCUT2D eigenvalue weighted by Crippen LogP contribution is 2.14. The molecule has 0 fully saturated rings. The van der Waals surface area contributed by atoms with Crippen LogP contribution < -0.4 is 10.1 Å². The van der Waals surface area contributed by atoms with Crippen molar-refractivity contribution >= 4 is 5.82 Å². The Bertz CT molecular complexity index is 331. The molecule has 0 bridgehead atoms. The molecule has 0 saturated carbocycles. The zero-order valence-electron chi connectivity index (χ0n) is 10.3. The highest BCUT2D eigenvalue weighted by atomic mass is 16.5. The molecule has 1 aromatic heterocycles. The molecule has 0 amide bonds. The fraction of sp³-hybridized carbons (Fsp3) is 0.636. The Morgan fingerprint density at radius 3 is 2.81 bits per heavy atom. The summed E-state index contributed by atoms with van der Waals surface area (Å²) in [6.07, 6.45) is 0. The van der Waals surface area contributed by atoms with Crippen LogP contribution in [0.2, 0.25) is 0 Å². The smallest absolute Gasteiger partial charge is 0.218 e. The van der Waals surface area contributed by atoms with Crippen molar-refractivity contribution in [2.75, 3.05) is 25.6 Å². The lowest BCUT2D eigenvalue weighted by molar-refractivity contribution is 0.190. The van der Waals surface area contributed by atoms with Crippen LogP contribution in [0.25, 0.3) is 0 Å². The number of rotatable bonds is 6. The molecule has 0 aliphatic heterocycles. The van der Waals surface area contributed by atoms with Gasteiger partial charge in [-0.15, -0.1) is 0 Å². The van der Waals surface area contributed by atoms with E-state index in [1.807, 2.05) is 20.8 Å². The third-order valence-corrected chi connectivity index (χ3v) is 1.92. The molecule has 0 aromatic carbocycles. The molecule has 0 spiro atoms. The molecule has 1 unspecified atom stereocenters. The van der Waals surface area contributed by atoms with Crippen LogP contribution in [-0.2, 0) is 4.74 Å². The molecule has 0 aliphatic rings. The molecule has 5 heteroatoms. The van der Waals surface area contributed by atoms with E-state index in [2.05, 4.69) is 15.3 Å². The third kappa shape index (κ3) is 4.02. The van der Waals surface area contributed by atoms with Crippen molar-refractivity contribution in [3.05, 3.63) is 11.9 Å². The summed E-state index contributed by atoms with van der Waals surface area (Å²) in [5, 5.41) is 3.23. The summed E-state index contributed by atoms with van der Waals surface area (Å²) in [6, 6.07) is 2.00. The van der Waals surface area contributed by atoms with Crippen LogP contribution in [0.3, 0.4) is 0 Å². The van der Waals surface area contributed by atoms with Crippen molar-refractivity contribution in [2.45, 2.75) is 26.8 Å². The number of hydrogen-bond acceptors (Lipinski definition) is 5. The Labute approximate surface area is 96.2 Å². The van der Waals surface area contributed by atoms with Crippen molar-refractivity contribution in [2.24, 2.45) is 0 Å². The Morgan fingerprint density at radius 1 is 1.44 bits per heavy atom. The maximum atomic E-state index is 5.35. The molecule has 0 radical (unpaired) electrons. The van der Waals surface area contributed by atoms with E-state index in [1.54, 1.807) is 13.2 Å². The van der Waals surface area contributed by atoms with Crippen LogP contribution in [0.15, 0.2) is 6.07 Å². The molecule has 1 N–H and O–H groups in total. The minimum absolute atomic E-state index is 0.203. The predicted octanol–water partition coefficient (Wildman–Crippen LogP) is 1.63. The van der Waals surface area contributed by atoms with Crippen LogP contribution in [0.5, 0.6) is 5.88 Å². The summed E-state index contributed by atoms with van der Waals surface area (Å²) < 4.78 is 10.4. The first-order valence-corrected chi connectivity index (χ1v) is 5.39. The van der Waals surface area contributed by atoms with E-state index in [9.17, 15) is 0 Å². The fourth-order valence-electron chi connectivity index (χ4n) is 1.38. The SMILES string of the molecule is CCOc1cc(NC(C)COC)nc(C)n1. The fourth-order valence-corrected chi connectivity index (χ4v) is 1.38. The van der Waals surface area contributed by atoms with Gasteiger partial charge in [0.05, 0.1) is 13.2 Å². The maximum Gasteiger partial charge on any atom is 0.218 e. The number of nitrogens with zero attached hydrogens (tertiary/aromatic N) is 2. The van der Waals surface area contributed by atoms with Gasteiger partial charge in [-0.2, -0.15) is 4.98 Å². The quantitative estimate of drug-likeness (QED) is 0.797. The van der Waals surface area contributed by atoms with Crippen molar-refractivity contribution in [1.82, 2.24) is 9.97 Å². The van der Waals surface area contributed by atoms with Crippen molar-refractivity contribution in [1.29, 1.82) is 0 Å². The summed E-state index contributed by atoms with van der Waals surface area (Å²) >= 11 is 0. The molecular formula is C11H19N3O2. The van der Waals surface area contributed by atoms with Gasteiger partial charge >= 0.3 is 0 Å². The van der Waals surface area contributed by atoms with E-state index in [0.29, 0.717) is 24.9 Å². The van der Waals surface area contributed by atoms with Gasteiger partial charge < -0.3 is 14.8 Å². The number of aryl methyl sites for hydroxylation is 1. The van der Waals surface area contributed by atoms with Crippen LogP contribution >= 0.6 is 0 Å². The lowest BCUT2D eigenvalue weighted by Gasteiger charge is -2.14. The summed E-state index contributed by atoms with van der Waals surface area (Å²) in [4.78, 5) is 8.45. The van der Waals surface area contributed by atoms with E-state index in [4.69, 9.17) is 9.47 Å². The summed E-state index contributed by atoms with van der Waals surface area (Å²) in [5.41, 5.74) is 0. The van der Waals surface area contributed by atoms with Gasteiger partial charge in [0.2, 0.25) is 5.88 Å². The van der Waals surface area contributed by atoms with E-state index >= 15 is 0 Å². The van der Waals surface area contributed by atoms with Gasteiger partial charge in [0, 0.05) is 19.2 Å². The molecule has 5 nitrogen and oxygen atoms in total. The van der Waals surface area contributed by atoms with Crippen LogP contribution in [0.4, 0.5) is 5.82 Å². The largest absolute Gasteiger partial charge is 0.478 e. The van der Waals surface area contributed by atoms with Crippen LogP contribution in [-0.4, -0.2) is 36.3 Å². The average Bonchev–Trinajstić information content (AvgIpc) is 2.17. The first-order valence-electron chi connectivity index (χ1n) is 5.39. The molecule has 1 heterocycles. The molecule has 1 aromatic rings. The average molecular weight is 225 g/mol. The van der Waals surface area contributed by atoms with E-state index in [1.165, 1.54) is 0 Å². The van der Waals surface area contributed by atoms with E-state index < -0.39 is 0 Å². The van der Waals surface area contributed by atoms with Gasteiger partial charge in [-0.25, -0.2) is 4.98 Å². The van der Waals surface area contributed by atoms with Crippen molar-refractivity contribution in [3.63, 3.8) is 0 Å². The lowest BCUT2D eigenvalue weighted by atomic mass is 10.3. The zero-order valence-corrected chi connectivity index (χ0v) is 10.3.